The molecular weight excluding hydrogens is 278 g/mol. The van der Waals surface area contributed by atoms with Crippen molar-refractivity contribution in [3.8, 4) is 0 Å². The van der Waals surface area contributed by atoms with E-state index >= 15 is 0 Å². The molecule has 0 aliphatic rings. The van der Waals surface area contributed by atoms with Crippen LogP contribution in [0.3, 0.4) is 0 Å². The zero-order valence-corrected chi connectivity index (χ0v) is 13.1. The Bertz CT molecular complexity index is 424. The number of thioether (sulfide) groups is 1. The van der Waals surface area contributed by atoms with Crippen molar-refractivity contribution >= 4 is 34.6 Å². The van der Waals surface area contributed by atoms with Gasteiger partial charge in [-0.25, -0.2) is 0 Å². The lowest BCUT2D eigenvalue weighted by Crippen LogP contribution is -2.31. The topological polar surface area (TPSA) is 38.3 Å². The number of carbonyl (C=O) groups is 1. The fourth-order valence-electron chi connectivity index (χ4n) is 1.43. The SMILES string of the molecule is CC(C)(C)OC(=O)CNCc1ccc(SC=S)cc1. The van der Waals surface area contributed by atoms with Crippen LogP contribution in [0.1, 0.15) is 26.3 Å². The molecule has 19 heavy (non-hydrogen) atoms. The molecule has 0 aromatic heterocycles. The van der Waals surface area contributed by atoms with Crippen molar-refractivity contribution in [2.24, 2.45) is 0 Å². The van der Waals surface area contributed by atoms with Gasteiger partial charge in [-0.2, -0.15) is 0 Å². The standard InChI is InChI=1S/C14H19NO2S2/c1-14(2,3)17-13(16)9-15-8-11-4-6-12(7-5-11)19-10-18/h4-7,10,15H,8-9H2,1-3H3. The average molecular weight is 297 g/mol. The highest BCUT2D eigenvalue weighted by molar-refractivity contribution is 8.20. The van der Waals surface area contributed by atoms with Gasteiger partial charge in [0, 0.05) is 16.1 Å². The minimum Gasteiger partial charge on any atom is -0.459 e. The van der Waals surface area contributed by atoms with E-state index in [0.29, 0.717) is 6.54 Å². The van der Waals surface area contributed by atoms with Crippen LogP contribution in [-0.4, -0.2) is 22.8 Å². The van der Waals surface area contributed by atoms with Gasteiger partial charge in [0.15, 0.2) is 0 Å². The third-order valence-corrected chi connectivity index (χ3v) is 3.06. The van der Waals surface area contributed by atoms with Gasteiger partial charge in [0.05, 0.1) is 6.54 Å². The number of nitrogens with one attached hydrogen (secondary N) is 1. The number of hydrogen-bond donors (Lipinski definition) is 1. The molecule has 1 N–H and O–H groups in total. The van der Waals surface area contributed by atoms with E-state index in [4.69, 9.17) is 17.0 Å². The molecule has 0 heterocycles. The Morgan fingerprint density at radius 1 is 1.37 bits per heavy atom. The van der Waals surface area contributed by atoms with Crippen LogP contribution in [0.25, 0.3) is 0 Å². The summed E-state index contributed by atoms with van der Waals surface area (Å²) in [5.41, 5.74) is 0.690. The lowest BCUT2D eigenvalue weighted by Gasteiger charge is -2.19. The van der Waals surface area contributed by atoms with Crippen LogP contribution in [-0.2, 0) is 16.1 Å². The molecule has 0 unspecified atom stereocenters. The van der Waals surface area contributed by atoms with Crippen LogP contribution < -0.4 is 5.32 Å². The molecule has 3 nitrogen and oxygen atoms in total. The van der Waals surface area contributed by atoms with Gasteiger partial charge >= 0.3 is 5.97 Å². The van der Waals surface area contributed by atoms with E-state index in [0.717, 1.165) is 10.5 Å². The van der Waals surface area contributed by atoms with Crippen molar-refractivity contribution < 1.29 is 9.53 Å². The van der Waals surface area contributed by atoms with E-state index in [-0.39, 0.29) is 12.5 Å². The Morgan fingerprint density at radius 3 is 2.53 bits per heavy atom. The van der Waals surface area contributed by atoms with Crippen molar-refractivity contribution in [3.05, 3.63) is 29.8 Å². The lowest BCUT2D eigenvalue weighted by atomic mass is 10.2. The van der Waals surface area contributed by atoms with Crippen molar-refractivity contribution in [2.75, 3.05) is 6.54 Å². The number of ether oxygens (including phenoxy) is 1. The molecule has 0 saturated carbocycles. The largest absolute Gasteiger partial charge is 0.459 e. The van der Waals surface area contributed by atoms with E-state index < -0.39 is 5.60 Å². The summed E-state index contributed by atoms with van der Waals surface area (Å²) in [6.07, 6.45) is 0. The number of rotatable bonds is 6. The molecule has 5 heteroatoms. The molecule has 0 amide bonds. The monoisotopic (exact) mass is 297 g/mol. The van der Waals surface area contributed by atoms with Gasteiger partial charge in [-0.1, -0.05) is 36.1 Å². The first-order chi connectivity index (χ1) is 8.90. The molecule has 1 rings (SSSR count). The average Bonchev–Trinajstić information content (AvgIpc) is 2.29. The smallest absolute Gasteiger partial charge is 0.320 e. The van der Waals surface area contributed by atoms with Crippen LogP contribution >= 0.6 is 24.0 Å². The maximum absolute atomic E-state index is 11.5. The summed E-state index contributed by atoms with van der Waals surface area (Å²) >= 11 is 6.30. The molecule has 0 spiro atoms. The zero-order chi connectivity index (χ0) is 14.3. The first kappa shape index (κ1) is 16.1. The van der Waals surface area contributed by atoms with Crippen LogP contribution in [0.2, 0.25) is 0 Å². The highest BCUT2D eigenvalue weighted by Gasteiger charge is 2.15. The summed E-state index contributed by atoms with van der Waals surface area (Å²) in [5, 5.41) is 3.07. The van der Waals surface area contributed by atoms with Gasteiger partial charge in [0.1, 0.15) is 5.60 Å². The van der Waals surface area contributed by atoms with Gasteiger partial charge in [-0.15, -0.1) is 0 Å². The van der Waals surface area contributed by atoms with Gasteiger partial charge in [0.2, 0.25) is 0 Å². The predicted molar refractivity (Wildman–Crippen MR) is 83.5 cm³/mol. The second-order valence-electron chi connectivity index (χ2n) is 5.05. The highest BCUT2D eigenvalue weighted by atomic mass is 32.2. The summed E-state index contributed by atoms with van der Waals surface area (Å²) in [7, 11) is 0. The summed E-state index contributed by atoms with van der Waals surface area (Å²) < 4.78 is 6.84. The second-order valence-corrected chi connectivity index (χ2v) is 6.52. The maximum atomic E-state index is 11.5. The van der Waals surface area contributed by atoms with Crippen LogP contribution in [0, 0.1) is 0 Å². The fourth-order valence-corrected chi connectivity index (χ4v) is 2.17. The zero-order valence-electron chi connectivity index (χ0n) is 11.4. The van der Waals surface area contributed by atoms with E-state index in [1.165, 1.54) is 11.8 Å². The normalized spacial score (nSPS) is 11.1. The van der Waals surface area contributed by atoms with Gasteiger partial charge < -0.3 is 10.1 Å². The summed E-state index contributed by atoms with van der Waals surface area (Å²) in [5.74, 6) is -0.236. The molecule has 0 aliphatic carbocycles. The van der Waals surface area contributed by atoms with E-state index in [1.807, 2.05) is 45.0 Å². The van der Waals surface area contributed by atoms with E-state index in [9.17, 15) is 4.79 Å². The Hall–Kier alpha value is -0.910. The molecule has 1 aromatic carbocycles. The molecular formula is C14H19NO2S2. The van der Waals surface area contributed by atoms with Crippen molar-refractivity contribution in [1.82, 2.24) is 5.32 Å². The predicted octanol–water partition coefficient (Wildman–Crippen LogP) is 3.17. The minimum absolute atomic E-state index is 0.216. The van der Waals surface area contributed by atoms with E-state index in [2.05, 4.69) is 5.32 Å². The van der Waals surface area contributed by atoms with Crippen LogP contribution in [0.4, 0.5) is 0 Å². The fraction of sp³-hybridized carbons (Fsp3) is 0.429. The van der Waals surface area contributed by atoms with Gasteiger partial charge in [-0.3, -0.25) is 4.79 Å². The quantitative estimate of drug-likeness (QED) is 0.496. The first-order valence-electron chi connectivity index (χ1n) is 6.02. The number of benzene rings is 1. The Morgan fingerprint density at radius 2 is 2.00 bits per heavy atom. The van der Waals surface area contributed by atoms with E-state index in [1.54, 1.807) is 4.70 Å². The molecule has 0 aliphatic heterocycles. The second kappa shape index (κ2) is 7.62. The van der Waals surface area contributed by atoms with Crippen molar-refractivity contribution in [3.63, 3.8) is 0 Å². The van der Waals surface area contributed by atoms with Gasteiger partial charge in [-0.05, 0) is 38.5 Å². The summed E-state index contributed by atoms with van der Waals surface area (Å²) in [6.45, 7) is 6.43. The minimum atomic E-state index is -0.432. The van der Waals surface area contributed by atoms with Crippen LogP contribution in [0.15, 0.2) is 29.2 Å². The molecule has 0 bridgehead atoms. The molecule has 1 aromatic rings. The Kier molecular flexibility index (Phi) is 6.48. The third kappa shape index (κ3) is 7.30. The number of hydrogen-bond acceptors (Lipinski definition) is 5. The lowest BCUT2D eigenvalue weighted by molar-refractivity contribution is -0.153. The van der Waals surface area contributed by atoms with Crippen molar-refractivity contribution in [1.29, 1.82) is 0 Å². The third-order valence-electron chi connectivity index (χ3n) is 2.13. The summed E-state index contributed by atoms with van der Waals surface area (Å²) in [6, 6.07) is 8.06. The Balaban J connectivity index is 2.33. The van der Waals surface area contributed by atoms with Crippen LogP contribution in [0.5, 0.6) is 0 Å². The summed E-state index contributed by atoms with van der Waals surface area (Å²) in [4.78, 5) is 12.6. The first-order valence-corrected chi connectivity index (χ1v) is 7.37. The molecule has 0 saturated heterocycles. The maximum Gasteiger partial charge on any atom is 0.320 e. The van der Waals surface area contributed by atoms with Gasteiger partial charge in [0.25, 0.3) is 0 Å². The molecule has 0 fully saturated rings. The van der Waals surface area contributed by atoms with Crippen molar-refractivity contribution in [2.45, 2.75) is 37.8 Å². The number of esters is 1. The number of carbonyl (C=O) groups excluding carboxylic acids is 1. The molecule has 104 valence electrons. The molecule has 0 radical (unpaired) electrons. The molecule has 0 atom stereocenters. The Labute approximate surface area is 124 Å². The highest BCUT2D eigenvalue weighted by Crippen LogP contribution is 2.16. The number of thiocarbonyl (C=S) groups is 1.